The molecule has 0 radical (unpaired) electrons. The van der Waals surface area contributed by atoms with Crippen molar-refractivity contribution in [2.24, 2.45) is 0 Å². The summed E-state index contributed by atoms with van der Waals surface area (Å²) in [5.41, 5.74) is 1.44. The highest BCUT2D eigenvalue weighted by Gasteiger charge is 2.13. The molecular formula is C18H18Cl2N2O3. The Morgan fingerprint density at radius 1 is 1.12 bits per heavy atom. The SMILES string of the molecule is CC(=O)Nc1ccc(OCC(=O)N[C@@H](C)c2ccc(Cl)cc2Cl)cc1. The maximum absolute atomic E-state index is 12.0. The molecule has 5 nitrogen and oxygen atoms in total. The van der Waals surface area contributed by atoms with E-state index in [1.165, 1.54) is 6.92 Å². The van der Waals surface area contributed by atoms with Gasteiger partial charge in [0.1, 0.15) is 5.75 Å². The van der Waals surface area contributed by atoms with Gasteiger partial charge in [0.05, 0.1) is 6.04 Å². The summed E-state index contributed by atoms with van der Waals surface area (Å²) in [5, 5.41) is 6.51. The second kappa shape index (κ2) is 8.74. The molecule has 0 spiro atoms. The van der Waals surface area contributed by atoms with Crippen LogP contribution in [0.25, 0.3) is 0 Å². The molecule has 25 heavy (non-hydrogen) atoms. The number of nitrogens with one attached hydrogen (secondary N) is 2. The van der Waals surface area contributed by atoms with Gasteiger partial charge in [-0.2, -0.15) is 0 Å². The molecule has 0 unspecified atom stereocenters. The van der Waals surface area contributed by atoms with Crippen molar-refractivity contribution in [1.29, 1.82) is 0 Å². The molecule has 0 saturated heterocycles. The molecule has 0 heterocycles. The monoisotopic (exact) mass is 380 g/mol. The van der Waals surface area contributed by atoms with Crippen molar-refractivity contribution >= 4 is 40.7 Å². The molecule has 2 aromatic carbocycles. The molecular weight excluding hydrogens is 363 g/mol. The van der Waals surface area contributed by atoms with Gasteiger partial charge in [0.15, 0.2) is 6.61 Å². The van der Waals surface area contributed by atoms with Gasteiger partial charge in [-0.1, -0.05) is 29.3 Å². The quantitative estimate of drug-likeness (QED) is 0.788. The second-order valence-corrected chi connectivity index (χ2v) is 6.29. The molecule has 0 bridgehead atoms. The number of benzene rings is 2. The number of carbonyl (C=O) groups is 2. The van der Waals surface area contributed by atoms with Gasteiger partial charge < -0.3 is 15.4 Å². The number of carbonyl (C=O) groups excluding carboxylic acids is 2. The first kappa shape index (κ1) is 19.1. The van der Waals surface area contributed by atoms with E-state index in [-0.39, 0.29) is 24.5 Å². The summed E-state index contributed by atoms with van der Waals surface area (Å²) in [4.78, 5) is 23.0. The minimum Gasteiger partial charge on any atom is -0.484 e. The van der Waals surface area contributed by atoms with Gasteiger partial charge in [0.2, 0.25) is 5.91 Å². The van der Waals surface area contributed by atoms with Crippen molar-refractivity contribution in [2.45, 2.75) is 19.9 Å². The fourth-order valence-corrected chi connectivity index (χ4v) is 2.77. The topological polar surface area (TPSA) is 67.4 Å². The van der Waals surface area contributed by atoms with Crippen LogP contribution in [-0.2, 0) is 9.59 Å². The molecule has 0 aliphatic carbocycles. The van der Waals surface area contributed by atoms with E-state index < -0.39 is 0 Å². The summed E-state index contributed by atoms with van der Waals surface area (Å²) < 4.78 is 5.44. The Kier molecular flexibility index (Phi) is 6.67. The summed E-state index contributed by atoms with van der Waals surface area (Å²) in [5.74, 6) is 0.105. The minimum atomic E-state index is -0.275. The Hall–Kier alpha value is -2.24. The molecule has 0 aliphatic rings. The lowest BCUT2D eigenvalue weighted by Gasteiger charge is -2.16. The third kappa shape index (κ3) is 5.96. The van der Waals surface area contributed by atoms with Crippen LogP contribution < -0.4 is 15.4 Å². The molecule has 7 heteroatoms. The average molecular weight is 381 g/mol. The number of halogens is 2. The van der Waals surface area contributed by atoms with Crippen LogP contribution >= 0.6 is 23.2 Å². The van der Waals surface area contributed by atoms with E-state index in [1.807, 2.05) is 6.92 Å². The zero-order valence-corrected chi connectivity index (χ0v) is 15.3. The van der Waals surface area contributed by atoms with Crippen molar-refractivity contribution in [3.8, 4) is 5.75 Å². The standard InChI is InChI=1S/C18H18Cl2N2O3/c1-11(16-8-3-13(19)9-17(16)20)21-18(24)10-25-15-6-4-14(5-7-15)22-12(2)23/h3-9,11H,10H2,1-2H3,(H,21,24)(H,22,23)/t11-/m0/s1. The van der Waals surface area contributed by atoms with E-state index in [9.17, 15) is 9.59 Å². The van der Waals surface area contributed by atoms with Gasteiger partial charge in [0, 0.05) is 22.7 Å². The van der Waals surface area contributed by atoms with Crippen molar-refractivity contribution in [1.82, 2.24) is 5.32 Å². The predicted molar refractivity (Wildman–Crippen MR) is 99.3 cm³/mol. The maximum Gasteiger partial charge on any atom is 0.258 e. The van der Waals surface area contributed by atoms with Crippen molar-refractivity contribution in [2.75, 3.05) is 11.9 Å². The van der Waals surface area contributed by atoms with Crippen molar-refractivity contribution in [3.63, 3.8) is 0 Å². The van der Waals surface area contributed by atoms with Crippen molar-refractivity contribution < 1.29 is 14.3 Å². The van der Waals surface area contributed by atoms with Gasteiger partial charge in [-0.15, -0.1) is 0 Å². The van der Waals surface area contributed by atoms with Gasteiger partial charge in [-0.05, 0) is 48.9 Å². The summed E-state index contributed by atoms with van der Waals surface area (Å²) in [7, 11) is 0. The molecule has 2 aromatic rings. The molecule has 0 saturated carbocycles. The van der Waals surface area contributed by atoms with Crippen LogP contribution in [0.2, 0.25) is 10.0 Å². The third-order valence-corrected chi connectivity index (χ3v) is 3.91. The van der Waals surface area contributed by atoms with Crippen molar-refractivity contribution in [3.05, 3.63) is 58.1 Å². The number of anilines is 1. The van der Waals surface area contributed by atoms with Crippen LogP contribution in [-0.4, -0.2) is 18.4 Å². The zero-order valence-electron chi connectivity index (χ0n) is 13.8. The van der Waals surface area contributed by atoms with E-state index >= 15 is 0 Å². The Morgan fingerprint density at radius 3 is 2.40 bits per heavy atom. The first-order valence-corrected chi connectivity index (χ1v) is 8.35. The number of hydrogen-bond acceptors (Lipinski definition) is 3. The predicted octanol–water partition coefficient (Wildman–Crippen LogP) is 4.21. The summed E-state index contributed by atoms with van der Waals surface area (Å²) in [6.45, 7) is 3.13. The van der Waals surface area contributed by atoms with Gasteiger partial charge in [-0.3, -0.25) is 9.59 Å². The van der Waals surface area contributed by atoms with Gasteiger partial charge >= 0.3 is 0 Å². The lowest BCUT2D eigenvalue weighted by atomic mass is 10.1. The van der Waals surface area contributed by atoms with E-state index in [2.05, 4.69) is 10.6 Å². The van der Waals surface area contributed by atoms with Crippen LogP contribution in [0.15, 0.2) is 42.5 Å². The lowest BCUT2D eigenvalue weighted by Crippen LogP contribution is -2.31. The number of rotatable bonds is 6. The summed E-state index contributed by atoms with van der Waals surface area (Å²) in [6, 6.07) is 11.6. The normalized spacial score (nSPS) is 11.5. The molecule has 1 atom stereocenters. The number of amides is 2. The highest BCUT2D eigenvalue weighted by atomic mass is 35.5. The van der Waals surface area contributed by atoms with E-state index in [0.29, 0.717) is 21.5 Å². The maximum atomic E-state index is 12.0. The highest BCUT2D eigenvalue weighted by Crippen LogP contribution is 2.26. The largest absolute Gasteiger partial charge is 0.484 e. The minimum absolute atomic E-state index is 0.130. The first-order chi connectivity index (χ1) is 11.8. The van der Waals surface area contributed by atoms with Crippen LogP contribution in [0, 0.1) is 0 Å². The van der Waals surface area contributed by atoms with Crippen LogP contribution in [0.5, 0.6) is 5.75 Å². The Bertz CT molecular complexity index is 763. The third-order valence-electron chi connectivity index (χ3n) is 3.35. The lowest BCUT2D eigenvalue weighted by molar-refractivity contribution is -0.123. The molecule has 2 N–H and O–H groups in total. The number of hydrogen-bond donors (Lipinski definition) is 2. The average Bonchev–Trinajstić information content (AvgIpc) is 2.53. The molecule has 132 valence electrons. The molecule has 0 aromatic heterocycles. The van der Waals surface area contributed by atoms with Crippen LogP contribution in [0.3, 0.4) is 0 Å². The smallest absolute Gasteiger partial charge is 0.258 e. The zero-order chi connectivity index (χ0) is 18.4. The summed E-state index contributed by atoms with van der Waals surface area (Å²) in [6.07, 6.45) is 0. The number of ether oxygens (including phenoxy) is 1. The molecule has 2 amide bonds. The van der Waals surface area contributed by atoms with E-state index in [4.69, 9.17) is 27.9 Å². The van der Waals surface area contributed by atoms with E-state index in [0.717, 1.165) is 5.56 Å². The van der Waals surface area contributed by atoms with Gasteiger partial charge in [-0.25, -0.2) is 0 Å². The van der Waals surface area contributed by atoms with Crippen LogP contribution in [0.4, 0.5) is 5.69 Å². The first-order valence-electron chi connectivity index (χ1n) is 7.60. The fourth-order valence-electron chi connectivity index (χ4n) is 2.20. The second-order valence-electron chi connectivity index (χ2n) is 5.45. The summed E-state index contributed by atoms with van der Waals surface area (Å²) >= 11 is 12.0. The van der Waals surface area contributed by atoms with Crippen LogP contribution in [0.1, 0.15) is 25.5 Å². The molecule has 2 rings (SSSR count). The molecule has 0 fully saturated rings. The Morgan fingerprint density at radius 2 is 1.80 bits per heavy atom. The fraction of sp³-hybridized carbons (Fsp3) is 0.222. The van der Waals surface area contributed by atoms with E-state index in [1.54, 1.807) is 42.5 Å². The highest BCUT2D eigenvalue weighted by molar-refractivity contribution is 6.35. The Labute approximate surface area is 156 Å². The van der Waals surface area contributed by atoms with Gasteiger partial charge in [0.25, 0.3) is 5.91 Å². The molecule has 0 aliphatic heterocycles. The Balaban J connectivity index is 1.86.